The topological polar surface area (TPSA) is 33.4 Å². The minimum atomic E-state index is -0.791. The molecule has 18 heavy (non-hydrogen) atoms. The minimum absolute atomic E-state index is 0.309. The van der Waals surface area contributed by atoms with Gasteiger partial charge in [0.05, 0.1) is 0 Å². The van der Waals surface area contributed by atoms with Crippen LogP contribution in [0.1, 0.15) is 22.3 Å². The van der Waals surface area contributed by atoms with Crippen molar-refractivity contribution in [3.63, 3.8) is 0 Å². The van der Waals surface area contributed by atoms with Gasteiger partial charge in [-0.1, -0.05) is 0 Å². The molecule has 2 aromatic heterocycles. The maximum Gasteiger partial charge on any atom is 0.146 e. The molecule has 1 aromatic carbocycles. The molecule has 4 heteroatoms. The Hall–Kier alpha value is -1.65. The first-order valence-corrected chi connectivity index (χ1v) is 6.44. The van der Waals surface area contributed by atoms with E-state index in [1.807, 2.05) is 18.4 Å². The Morgan fingerprint density at radius 1 is 1.28 bits per heavy atom. The third-order valence-corrected chi connectivity index (χ3v) is 3.99. The summed E-state index contributed by atoms with van der Waals surface area (Å²) in [7, 11) is 0. The second-order valence-corrected chi connectivity index (χ2v) is 5.15. The van der Waals surface area contributed by atoms with E-state index in [-0.39, 0.29) is 5.82 Å². The highest BCUT2D eigenvalue weighted by Crippen LogP contribution is 2.32. The maximum atomic E-state index is 13.1. The van der Waals surface area contributed by atoms with Crippen molar-refractivity contribution in [2.75, 3.05) is 0 Å². The molecule has 0 saturated heterocycles. The maximum absolute atomic E-state index is 13.1. The van der Waals surface area contributed by atoms with Crippen LogP contribution in [0.15, 0.2) is 40.1 Å². The van der Waals surface area contributed by atoms with Crippen molar-refractivity contribution < 1.29 is 13.9 Å². The fourth-order valence-electron chi connectivity index (χ4n) is 1.96. The summed E-state index contributed by atoms with van der Waals surface area (Å²) in [4.78, 5) is 0.856. The van der Waals surface area contributed by atoms with E-state index < -0.39 is 6.10 Å². The van der Waals surface area contributed by atoms with E-state index >= 15 is 0 Å². The molecule has 92 valence electrons. The molecule has 0 fully saturated rings. The van der Waals surface area contributed by atoms with Crippen LogP contribution in [0.4, 0.5) is 4.39 Å². The van der Waals surface area contributed by atoms with Crippen LogP contribution in [-0.4, -0.2) is 5.11 Å². The number of aliphatic hydroxyl groups excluding tert-OH is 1. The van der Waals surface area contributed by atoms with Gasteiger partial charge >= 0.3 is 0 Å². The Bertz CT molecular complexity index is 699. The van der Waals surface area contributed by atoms with Crippen molar-refractivity contribution in [2.45, 2.75) is 13.0 Å². The molecule has 1 atom stereocenters. The largest absolute Gasteiger partial charge is 0.458 e. The molecule has 0 amide bonds. The van der Waals surface area contributed by atoms with E-state index in [0.29, 0.717) is 16.7 Å². The summed E-state index contributed by atoms with van der Waals surface area (Å²) in [6.45, 7) is 1.94. The molecular weight excluding hydrogens is 251 g/mol. The molecule has 3 aromatic rings. The first-order chi connectivity index (χ1) is 8.65. The highest BCUT2D eigenvalue weighted by Gasteiger charge is 2.18. The number of hydrogen-bond donors (Lipinski definition) is 1. The summed E-state index contributed by atoms with van der Waals surface area (Å²) < 4.78 is 18.6. The predicted octanol–water partition coefficient (Wildman–Crippen LogP) is 4.02. The van der Waals surface area contributed by atoms with Crippen molar-refractivity contribution in [2.24, 2.45) is 0 Å². The predicted molar refractivity (Wildman–Crippen MR) is 69.3 cm³/mol. The Kier molecular flexibility index (Phi) is 2.69. The van der Waals surface area contributed by atoms with Crippen molar-refractivity contribution >= 4 is 22.3 Å². The number of furan rings is 1. The molecule has 0 radical (unpaired) electrons. The molecule has 0 aliphatic rings. The van der Waals surface area contributed by atoms with Gasteiger partial charge in [0.1, 0.15) is 23.3 Å². The number of thiophene rings is 1. The molecule has 0 saturated carbocycles. The first-order valence-electron chi connectivity index (χ1n) is 5.56. The molecule has 2 nitrogen and oxygen atoms in total. The van der Waals surface area contributed by atoms with Gasteiger partial charge in [-0.25, -0.2) is 4.39 Å². The zero-order valence-electron chi connectivity index (χ0n) is 9.68. The summed E-state index contributed by atoms with van der Waals surface area (Å²) in [5, 5.41) is 12.8. The number of aryl methyl sites for hydroxylation is 1. The van der Waals surface area contributed by atoms with Gasteiger partial charge in [-0.15, -0.1) is 11.3 Å². The molecule has 3 rings (SSSR count). The third-order valence-electron chi connectivity index (χ3n) is 2.92. The monoisotopic (exact) mass is 262 g/mol. The molecule has 0 aliphatic heterocycles. The SMILES string of the molecule is Cc1ccsc1C(O)c1cc2cc(F)ccc2o1. The van der Waals surface area contributed by atoms with Crippen LogP contribution < -0.4 is 0 Å². The number of benzene rings is 1. The Morgan fingerprint density at radius 3 is 2.83 bits per heavy atom. The van der Waals surface area contributed by atoms with Gasteiger partial charge < -0.3 is 9.52 Å². The summed E-state index contributed by atoms with van der Waals surface area (Å²) in [6, 6.07) is 7.95. The lowest BCUT2D eigenvalue weighted by Crippen LogP contribution is -1.96. The average molecular weight is 262 g/mol. The zero-order chi connectivity index (χ0) is 12.7. The van der Waals surface area contributed by atoms with Crippen molar-refractivity contribution in [3.05, 3.63) is 57.7 Å². The average Bonchev–Trinajstić information content (AvgIpc) is 2.93. The van der Waals surface area contributed by atoms with E-state index in [0.717, 1.165) is 10.4 Å². The molecule has 1 unspecified atom stereocenters. The van der Waals surface area contributed by atoms with Crippen LogP contribution in [0.2, 0.25) is 0 Å². The van der Waals surface area contributed by atoms with Crippen LogP contribution >= 0.6 is 11.3 Å². The second-order valence-electron chi connectivity index (χ2n) is 4.20. The Morgan fingerprint density at radius 2 is 2.11 bits per heavy atom. The number of aliphatic hydroxyl groups is 1. The van der Waals surface area contributed by atoms with Gasteiger partial charge in [0, 0.05) is 10.3 Å². The second kappa shape index (κ2) is 4.23. The van der Waals surface area contributed by atoms with E-state index in [9.17, 15) is 9.50 Å². The van der Waals surface area contributed by atoms with E-state index in [1.54, 1.807) is 12.1 Å². The number of halogens is 1. The fourth-order valence-corrected chi connectivity index (χ4v) is 2.88. The van der Waals surface area contributed by atoms with E-state index in [1.165, 1.54) is 23.5 Å². The quantitative estimate of drug-likeness (QED) is 0.756. The standard InChI is InChI=1S/C14H11FO2S/c1-8-4-5-18-14(8)13(16)12-7-9-6-10(15)2-3-11(9)17-12/h2-7,13,16H,1H3. The van der Waals surface area contributed by atoms with Crippen molar-refractivity contribution in [1.29, 1.82) is 0 Å². The summed E-state index contributed by atoms with van der Waals surface area (Å²) in [5.74, 6) is 0.137. The minimum Gasteiger partial charge on any atom is -0.458 e. The van der Waals surface area contributed by atoms with Crippen LogP contribution in [0, 0.1) is 12.7 Å². The fraction of sp³-hybridized carbons (Fsp3) is 0.143. The molecule has 1 N–H and O–H groups in total. The highest BCUT2D eigenvalue weighted by molar-refractivity contribution is 7.10. The van der Waals surface area contributed by atoms with Gasteiger partial charge in [0.25, 0.3) is 0 Å². The summed E-state index contributed by atoms with van der Waals surface area (Å²) in [6.07, 6.45) is -0.791. The summed E-state index contributed by atoms with van der Waals surface area (Å²) in [5.41, 5.74) is 1.61. The van der Waals surface area contributed by atoms with Crippen LogP contribution in [0.3, 0.4) is 0 Å². The smallest absolute Gasteiger partial charge is 0.146 e. The lowest BCUT2D eigenvalue weighted by atomic mass is 10.1. The van der Waals surface area contributed by atoms with Crippen LogP contribution in [0.25, 0.3) is 11.0 Å². The highest BCUT2D eigenvalue weighted by atomic mass is 32.1. The molecule has 2 heterocycles. The molecule has 0 bridgehead atoms. The molecule has 0 spiro atoms. The van der Waals surface area contributed by atoms with Gasteiger partial charge in [-0.2, -0.15) is 0 Å². The number of fused-ring (bicyclic) bond motifs is 1. The van der Waals surface area contributed by atoms with Crippen molar-refractivity contribution in [3.8, 4) is 0 Å². The first kappa shape index (κ1) is 11.4. The normalized spacial score (nSPS) is 13.1. The van der Waals surface area contributed by atoms with Gasteiger partial charge in [-0.3, -0.25) is 0 Å². The van der Waals surface area contributed by atoms with Crippen LogP contribution in [0.5, 0.6) is 0 Å². The Labute approximate surface area is 107 Å². The van der Waals surface area contributed by atoms with Gasteiger partial charge in [0.2, 0.25) is 0 Å². The van der Waals surface area contributed by atoms with Gasteiger partial charge in [0.15, 0.2) is 0 Å². The third kappa shape index (κ3) is 1.83. The molecule has 0 aliphatic carbocycles. The van der Waals surface area contributed by atoms with Crippen LogP contribution in [-0.2, 0) is 0 Å². The van der Waals surface area contributed by atoms with E-state index in [4.69, 9.17) is 4.42 Å². The Balaban J connectivity index is 2.07. The molecular formula is C14H11FO2S. The van der Waals surface area contributed by atoms with Gasteiger partial charge in [-0.05, 0) is 48.2 Å². The zero-order valence-corrected chi connectivity index (χ0v) is 10.5. The number of hydrogen-bond acceptors (Lipinski definition) is 3. The lowest BCUT2D eigenvalue weighted by Gasteiger charge is -2.05. The summed E-state index contributed by atoms with van der Waals surface area (Å²) >= 11 is 1.48. The lowest BCUT2D eigenvalue weighted by molar-refractivity contribution is 0.195. The van der Waals surface area contributed by atoms with E-state index in [2.05, 4.69) is 0 Å². The van der Waals surface area contributed by atoms with Crippen molar-refractivity contribution in [1.82, 2.24) is 0 Å². The number of rotatable bonds is 2.